The third-order valence-corrected chi connectivity index (χ3v) is 2.43. The molecule has 3 aromatic heterocycles. The fourth-order valence-corrected chi connectivity index (χ4v) is 1.68. The average Bonchev–Trinajstić information content (AvgIpc) is 2.72. The van der Waals surface area contributed by atoms with Crippen molar-refractivity contribution in [1.82, 2.24) is 19.9 Å². The van der Waals surface area contributed by atoms with Gasteiger partial charge in [-0.1, -0.05) is 0 Å². The molecular formula is C12H10N4. The number of pyridine rings is 2. The highest BCUT2D eigenvalue weighted by molar-refractivity contribution is 5.78. The summed E-state index contributed by atoms with van der Waals surface area (Å²) < 4.78 is 0. The van der Waals surface area contributed by atoms with Crippen molar-refractivity contribution < 1.29 is 0 Å². The number of hydrogen-bond acceptors (Lipinski definition) is 3. The summed E-state index contributed by atoms with van der Waals surface area (Å²) in [7, 11) is 0. The van der Waals surface area contributed by atoms with Crippen LogP contribution in [0.3, 0.4) is 0 Å². The molecular weight excluding hydrogens is 200 g/mol. The maximum absolute atomic E-state index is 4.49. The van der Waals surface area contributed by atoms with Gasteiger partial charge in [0.2, 0.25) is 0 Å². The minimum atomic E-state index is 0.833. The summed E-state index contributed by atoms with van der Waals surface area (Å²) in [4.78, 5) is 15.9. The van der Waals surface area contributed by atoms with Crippen LogP contribution in [0.15, 0.2) is 36.9 Å². The molecule has 3 heterocycles. The molecule has 3 aromatic rings. The van der Waals surface area contributed by atoms with Crippen LogP contribution in [0, 0.1) is 6.92 Å². The molecule has 4 nitrogen and oxygen atoms in total. The van der Waals surface area contributed by atoms with Crippen molar-refractivity contribution in [2.45, 2.75) is 6.92 Å². The molecule has 0 spiro atoms. The van der Waals surface area contributed by atoms with Crippen molar-refractivity contribution in [3.8, 4) is 11.4 Å². The van der Waals surface area contributed by atoms with Crippen molar-refractivity contribution in [3.63, 3.8) is 0 Å². The molecule has 0 amide bonds. The van der Waals surface area contributed by atoms with Gasteiger partial charge < -0.3 is 4.98 Å². The Morgan fingerprint density at radius 1 is 1.12 bits per heavy atom. The van der Waals surface area contributed by atoms with Crippen LogP contribution in [0.1, 0.15) is 5.56 Å². The lowest BCUT2D eigenvalue weighted by atomic mass is 10.2. The van der Waals surface area contributed by atoms with E-state index >= 15 is 0 Å². The molecule has 0 fully saturated rings. The number of rotatable bonds is 1. The van der Waals surface area contributed by atoms with Crippen LogP contribution in [0.25, 0.3) is 22.4 Å². The Hall–Kier alpha value is -2.23. The first-order chi connectivity index (χ1) is 7.83. The van der Waals surface area contributed by atoms with Crippen LogP contribution in [0.4, 0.5) is 0 Å². The van der Waals surface area contributed by atoms with Gasteiger partial charge in [0, 0.05) is 24.2 Å². The van der Waals surface area contributed by atoms with Crippen molar-refractivity contribution >= 4 is 11.0 Å². The monoisotopic (exact) mass is 210 g/mol. The van der Waals surface area contributed by atoms with Crippen molar-refractivity contribution in [2.75, 3.05) is 0 Å². The Kier molecular flexibility index (Phi) is 1.93. The van der Waals surface area contributed by atoms with Crippen LogP contribution in [0.2, 0.25) is 0 Å². The van der Waals surface area contributed by atoms with E-state index in [1.54, 1.807) is 18.6 Å². The fourth-order valence-electron chi connectivity index (χ4n) is 1.68. The van der Waals surface area contributed by atoms with Crippen LogP contribution in [-0.2, 0) is 0 Å². The van der Waals surface area contributed by atoms with E-state index in [0.717, 1.165) is 28.0 Å². The first kappa shape index (κ1) is 9.03. The van der Waals surface area contributed by atoms with Gasteiger partial charge in [-0.2, -0.15) is 0 Å². The molecule has 78 valence electrons. The number of hydrogen-bond donors (Lipinski definition) is 1. The smallest absolute Gasteiger partial charge is 0.140 e. The zero-order chi connectivity index (χ0) is 11.0. The first-order valence-corrected chi connectivity index (χ1v) is 5.05. The highest BCUT2D eigenvalue weighted by Crippen LogP contribution is 2.19. The zero-order valence-electron chi connectivity index (χ0n) is 8.81. The number of aromatic amines is 1. The van der Waals surface area contributed by atoms with E-state index in [1.165, 1.54) is 0 Å². The van der Waals surface area contributed by atoms with E-state index in [4.69, 9.17) is 0 Å². The summed E-state index contributed by atoms with van der Waals surface area (Å²) in [5.74, 6) is 0.833. The topological polar surface area (TPSA) is 54.5 Å². The number of imidazole rings is 1. The number of nitrogens with zero attached hydrogens (tertiary/aromatic N) is 3. The Labute approximate surface area is 92.4 Å². The van der Waals surface area contributed by atoms with Gasteiger partial charge in [-0.3, -0.25) is 9.97 Å². The fraction of sp³-hybridized carbons (Fsp3) is 0.0833. The van der Waals surface area contributed by atoms with Gasteiger partial charge in [0.25, 0.3) is 0 Å². The van der Waals surface area contributed by atoms with Gasteiger partial charge in [0.15, 0.2) is 0 Å². The minimum absolute atomic E-state index is 0.833. The number of aromatic nitrogens is 4. The normalized spacial score (nSPS) is 10.8. The van der Waals surface area contributed by atoms with Crippen LogP contribution < -0.4 is 0 Å². The molecule has 3 rings (SSSR count). The second-order valence-electron chi connectivity index (χ2n) is 3.73. The molecule has 1 N–H and O–H groups in total. The molecule has 0 aliphatic rings. The van der Waals surface area contributed by atoms with Gasteiger partial charge in [-0.25, -0.2) is 4.98 Å². The van der Waals surface area contributed by atoms with Crippen LogP contribution in [-0.4, -0.2) is 19.9 Å². The molecule has 16 heavy (non-hydrogen) atoms. The Bertz CT molecular complexity index is 609. The predicted molar refractivity (Wildman–Crippen MR) is 61.9 cm³/mol. The molecule has 0 unspecified atom stereocenters. The molecule has 0 saturated carbocycles. The summed E-state index contributed by atoms with van der Waals surface area (Å²) in [6, 6.07) is 3.94. The van der Waals surface area contributed by atoms with E-state index in [-0.39, 0.29) is 0 Å². The van der Waals surface area contributed by atoms with Gasteiger partial charge >= 0.3 is 0 Å². The molecule has 0 aliphatic carbocycles. The Morgan fingerprint density at radius 2 is 2.06 bits per heavy atom. The third-order valence-electron chi connectivity index (χ3n) is 2.43. The van der Waals surface area contributed by atoms with E-state index < -0.39 is 0 Å². The van der Waals surface area contributed by atoms with E-state index in [1.807, 2.05) is 19.2 Å². The minimum Gasteiger partial charge on any atom is -0.337 e. The average molecular weight is 210 g/mol. The Balaban J connectivity index is 2.19. The van der Waals surface area contributed by atoms with Gasteiger partial charge in [-0.05, 0) is 24.6 Å². The van der Waals surface area contributed by atoms with Gasteiger partial charge in [-0.15, -0.1) is 0 Å². The van der Waals surface area contributed by atoms with E-state index in [2.05, 4.69) is 26.0 Å². The molecule has 0 radical (unpaired) electrons. The summed E-state index contributed by atoms with van der Waals surface area (Å²) in [5, 5.41) is 0. The van der Waals surface area contributed by atoms with Crippen molar-refractivity contribution in [3.05, 3.63) is 42.5 Å². The maximum atomic E-state index is 4.49. The van der Waals surface area contributed by atoms with Gasteiger partial charge in [0.1, 0.15) is 5.82 Å². The largest absolute Gasteiger partial charge is 0.337 e. The molecule has 0 atom stereocenters. The lowest BCUT2D eigenvalue weighted by Crippen LogP contribution is -1.83. The summed E-state index contributed by atoms with van der Waals surface area (Å²) in [5.41, 5.74) is 3.98. The molecule has 4 heteroatoms. The quantitative estimate of drug-likeness (QED) is 0.670. The number of nitrogens with one attached hydrogen (secondary N) is 1. The molecule has 0 bridgehead atoms. The number of fused-ring (bicyclic) bond motifs is 1. The van der Waals surface area contributed by atoms with Crippen LogP contribution >= 0.6 is 0 Å². The number of aryl methyl sites for hydroxylation is 1. The second kappa shape index (κ2) is 3.41. The zero-order valence-corrected chi connectivity index (χ0v) is 8.81. The second-order valence-corrected chi connectivity index (χ2v) is 3.73. The number of H-pyrrole nitrogens is 1. The van der Waals surface area contributed by atoms with E-state index in [9.17, 15) is 0 Å². The molecule has 0 aliphatic heterocycles. The highest BCUT2D eigenvalue weighted by atomic mass is 14.9. The Morgan fingerprint density at radius 3 is 2.88 bits per heavy atom. The molecule has 0 saturated heterocycles. The lowest BCUT2D eigenvalue weighted by molar-refractivity contribution is 1.24. The van der Waals surface area contributed by atoms with E-state index in [0.29, 0.717) is 0 Å². The lowest BCUT2D eigenvalue weighted by Gasteiger charge is -1.96. The van der Waals surface area contributed by atoms with Crippen molar-refractivity contribution in [1.29, 1.82) is 0 Å². The van der Waals surface area contributed by atoms with Crippen molar-refractivity contribution in [2.24, 2.45) is 0 Å². The molecule has 0 aromatic carbocycles. The third kappa shape index (κ3) is 1.44. The summed E-state index contributed by atoms with van der Waals surface area (Å²) in [6.07, 6.45) is 7.14. The summed E-state index contributed by atoms with van der Waals surface area (Å²) in [6.45, 7) is 2.01. The summed E-state index contributed by atoms with van der Waals surface area (Å²) >= 11 is 0. The first-order valence-electron chi connectivity index (χ1n) is 5.05. The SMILES string of the molecule is Cc1cncc(-c2nc3ccncc3[nH]2)c1. The van der Waals surface area contributed by atoms with Crippen LogP contribution in [0.5, 0.6) is 0 Å². The van der Waals surface area contributed by atoms with Gasteiger partial charge in [0.05, 0.1) is 17.2 Å². The maximum Gasteiger partial charge on any atom is 0.140 e. The standard InChI is InChI=1S/C12H10N4/c1-8-4-9(6-14-5-8)12-15-10-2-3-13-7-11(10)16-12/h2-7H,1H3,(H,15,16). The highest BCUT2D eigenvalue weighted by Gasteiger charge is 2.04. The predicted octanol–water partition coefficient (Wildman–Crippen LogP) is 2.33.